The number of nitrogens with two attached hydrogens (primary N) is 1. The molecule has 0 radical (unpaired) electrons. The summed E-state index contributed by atoms with van der Waals surface area (Å²) in [5.41, 5.74) is 7.25. The molecule has 3 unspecified atom stereocenters. The molecule has 11 nitrogen and oxygen atoms in total. The first-order valence-electron chi connectivity index (χ1n) is 9.63. The number of nitrogens with zero attached hydrogens (tertiary/aromatic N) is 1. The van der Waals surface area contributed by atoms with Crippen LogP contribution in [0.1, 0.15) is 18.2 Å². The summed E-state index contributed by atoms with van der Waals surface area (Å²) in [5, 5.41) is 16.5. The van der Waals surface area contributed by atoms with Gasteiger partial charge in [-0.2, -0.15) is 0 Å². The second-order valence-electron chi connectivity index (χ2n) is 6.98. The van der Waals surface area contributed by atoms with E-state index in [4.69, 9.17) is 5.73 Å². The summed E-state index contributed by atoms with van der Waals surface area (Å²) in [6, 6.07) is 5.90. The number of carbonyl (C=O) groups excluding carboxylic acids is 3. The van der Waals surface area contributed by atoms with Crippen LogP contribution in [0.2, 0.25) is 0 Å². The van der Waals surface area contributed by atoms with Gasteiger partial charge in [0.1, 0.15) is 12.1 Å². The van der Waals surface area contributed by atoms with Gasteiger partial charge in [-0.15, -0.1) is 0 Å². The predicted octanol–water partition coefficient (Wildman–Crippen LogP) is -1.29. The lowest BCUT2D eigenvalue weighted by Crippen LogP contribution is -2.52. The number of H-pyrrole nitrogens is 1. The molecule has 0 saturated heterocycles. The Morgan fingerprint density at radius 2 is 1.81 bits per heavy atom. The molecule has 7 N–H and O–H groups in total. The highest BCUT2D eigenvalue weighted by molar-refractivity contribution is 5.92. The van der Waals surface area contributed by atoms with Gasteiger partial charge in [0.2, 0.25) is 17.7 Å². The molecule has 1 aromatic carbocycles. The second-order valence-corrected chi connectivity index (χ2v) is 6.98. The summed E-state index contributed by atoms with van der Waals surface area (Å²) in [5.74, 6) is -2.98. The summed E-state index contributed by atoms with van der Waals surface area (Å²) in [6.07, 6.45) is 3.34. The van der Waals surface area contributed by atoms with Crippen LogP contribution in [0.25, 0.3) is 0 Å². The number of aliphatic carboxylic acids is 1. The number of carbonyl (C=O) groups is 4. The molecular formula is C20H26N6O5. The summed E-state index contributed by atoms with van der Waals surface area (Å²) < 4.78 is 0. The highest BCUT2D eigenvalue weighted by Crippen LogP contribution is 2.03. The number of carboxylic acid groups (broad SMARTS) is 1. The summed E-state index contributed by atoms with van der Waals surface area (Å²) in [6.45, 7) is 1.02. The van der Waals surface area contributed by atoms with Crippen LogP contribution in [-0.2, 0) is 32.0 Å². The topological polar surface area (TPSA) is 179 Å². The molecule has 3 amide bonds. The molecule has 166 valence electrons. The average molecular weight is 430 g/mol. The molecule has 2 aromatic rings. The van der Waals surface area contributed by atoms with E-state index < -0.39 is 48.4 Å². The van der Waals surface area contributed by atoms with Crippen molar-refractivity contribution in [1.29, 1.82) is 0 Å². The van der Waals surface area contributed by atoms with Crippen molar-refractivity contribution in [2.24, 2.45) is 5.73 Å². The Hall–Kier alpha value is -3.73. The maximum atomic E-state index is 12.2. The van der Waals surface area contributed by atoms with Gasteiger partial charge in [-0.3, -0.25) is 14.4 Å². The SMILES string of the molecule is CC(NC(=O)C(N)Cc1cnc[nH]1)C(=O)NCC(=O)NC(Cc1ccccc1)C(=O)O. The number of hydrogen-bond acceptors (Lipinski definition) is 6. The molecule has 31 heavy (non-hydrogen) atoms. The smallest absolute Gasteiger partial charge is 0.326 e. The predicted molar refractivity (Wildman–Crippen MR) is 111 cm³/mol. The Morgan fingerprint density at radius 1 is 1.10 bits per heavy atom. The normalized spacial score (nSPS) is 13.5. The van der Waals surface area contributed by atoms with Gasteiger partial charge < -0.3 is 31.8 Å². The van der Waals surface area contributed by atoms with Gasteiger partial charge in [0.15, 0.2) is 0 Å². The van der Waals surface area contributed by atoms with E-state index >= 15 is 0 Å². The molecule has 0 aliphatic rings. The van der Waals surface area contributed by atoms with Crippen molar-refractivity contribution in [3.63, 3.8) is 0 Å². The first-order chi connectivity index (χ1) is 14.8. The molecule has 0 fully saturated rings. The van der Waals surface area contributed by atoms with Gasteiger partial charge in [0.25, 0.3) is 0 Å². The molecule has 0 bridgehead atoms. The Bertz CT molecular complexity index is 887. The number of hydrogen-bond donors (Lipinski definition) is 6. The van der Waals surface area contributed by atoms with Crippen LogP contribution in [0.4, 0.5) is 0 Å². The van der Waals surface area contributed by atoms with Gasteiger partial charge in [-0.25, -0.2) is 9.78 Å². The zero-order valence-electron chi connectivity index (χ0n) is 17.0. The lowest BCUT2D eigenvalue weighted by Gasteiger charge is -2.18. The molecule has 0 spiro atoms. The zero-order chi connectivity index (χ0) is 22.8. The Balaban J connectivity index is 1.77. The van der Waals surface area contributed by atoms with Crippen LogP contribution in [0, 0.1) is 0 Å². The maximum absolute atomic E-state index is 12.2. The zero-order valence-corrected chi connectivity index (χ0v) is 17.0. The summed E-state index contributed by atoms with van der Waals surface area (Å²) >= 11 is 0. The number of nitrogens with one attached hydrogen (secondary N) is 4. The van der Waals surface area contributed by atoms with Gasteiger partial charge in [0, 0.05) is 24.7 Å². The lowest BCUT2D eigenvalue weighted by atomic mass is 10.1. The maximum Gasteiger partial charge on any atom is 0.326 e. The van der Waals surface area contributed by atoms with E-state index in [0.717, 1.165) is 5.56 Å². The molecule has 11 heteroatoms. The van der Waals surface area contributed by atoms with Crippen molar-refractivity contribution in [1.82, 2.24) is 25.9 Å². The number of carboxylic acids is 1. The van der Waals surface area contributed by atoms with Gasteiger partial charge in [0.05, 0.1) is 18.9 Å². The van der Waals surface area contributed by atoms with Crippen molar-refractivity contribution < 1.29 is 24.3 Å². The molecule has 3 atom stereocenters. The van der Waals surface area contributed by atoms with E-state index in [-0.39, 0.29) is 12.8 Å². The van der Waals surface area contributed by atoms with Gasteiger partial charge >= 0.3 is 5.97 Å². The van der Waals surface area contributed by atoms with Crippen LogP contribution < -0.4 is 21.7 Å². The second kappa shape index (κ2) is 11.5. The Morgan fingerprint density at radius 3 is 2.42 bits per heavy atom. The van der Waals surface area contributed by atoms with E-state index in [1.54, 1.807) is 36.5 Å². The highest BCUT2D eigenvalue weighted by Gasteiger charge is 2.23. The monoisotopic (exact) mass is 430 g/mol. The fraction of sp³-hybridized carbons (Fsp3) is 0.350. The van der Waals surface area contributed by atoms with Crippen LogP contribution in [0.5, 0.6) is 0 Å². The van der Waals surface area contributed by atoms with Crippen LogP contribution in [0.15, 0.2) is 42.9 Å². The lowest BCUT2D eigenvalue weighted by molar-refractivity contribution is -0.141. The Labute approximate surface area is 178 Å². The van der Waals surface area contributed by atoms with E-state index in [0.29, 0.717) is 5.69 Å². The quantitative estimate of drug-likeness (QED) is 0.257. The third-order valence-electron chi connectivity index (χ3n) is 4.42. The minimum atomic E-state index is -1.18. The number of rotatable bonds is 11. The summed E-state index contributed by atoms with van der Waals surface area (Å²) in [4.78, 5) is 54.4. The number of aromatic nitrogens is 2. The van der Waals surface area contributed by atoms with Crippen molar-refractivity contribution >= 4 is 23.7 Å². The standard InChI is InChI=1S/C20H26N6O5/c1-12(25-19(29)15(21)8-14-9-22-11-24-14)18(28)23-10-17(27)26-16(20(30)31)7-13-5-3-2-4-6-13/h2-6,9,11-12,15-16H,7-8,10,21H2,1H3,(H,22,24)(H,23,28)(H,25,29)(H,26,27)(H,30,31). The van der Waals surface area contributed by atoms with Crippen LogP contribution >= 0.6 is 0 Å². The first kappa shape index (κ1) is 23.5. The number of imidazole rings is 1. The number of aromatic amines is 1. The van der Waals surface area contributed by atoms with Crippen molar-refractivity contribution in [2.75, 3.05) is 6.54 Å². The van der Waals surface area contributed by atoms with E-state index in [2.05, 4.69) is 25.9 Å². The molecule has 2 rings (SSSR count). The third kappa shape index (κ3) is 7.90. The average Bonchev–Trinajstić information content (AvgIpc) is 3.25. The first-order valence-corrected chi connectivity index (χ1v) is 9.63. The molecule has 0 aliphatic carbocycles. The Kier molecular flexibility index (Phi) is 8.70. The van der Waals surface area contributed by atoms with E-state index in [1.807, 2.05) is 0 Å². The van der Waals surface area contributed by atoms with Gasteiger partial charge in [-0.1, -0.05) is 30.3 Å². The molecule has 1 heterocycles. The number of amides is 3. The highest BCUT2D eigenvalue weighted by atomic mass is 16.4. The third-order valence-corrected chi connectivity index (χ3v) is 4.42. The molecule has 0 aliphatic heterocycles. The minimum Gasteiger partial charge on any atom is -0.480 e. The molecule has 0 saturated carbocycles. The van der Waals surface area contributed by atoms with E-state index in [9.17, 15) is 24.3 Å². The van der Waals surface area contributed by atoms with Crippen LogP contribution in [0.3, 0.4) is 0 Å². The van der Waals surface area contributed by atoms with E-state index in [1.165, 1.54) is 13.3 Å². The fourth-order valence-corrected chi connectivity index (χ4v) is 2.73. The largest absolute Gasteiger partial charge is 0.480 e. The summed E-state index contributed by atoms with van der Waals surface area (Å²) in [7, 11) is 0. The van der Waals surface area contributed by atoms with Crippen LogP contribution in [-0.4, -0.2) is 63.4 Å². The van der Waals surface area contributed by atoms with Crippen molar-refractivity contribution in [3.05, 3.63) is 54.1 Å². The molecular weight excluding hydrogens is 404 g/mol. The molecule has 1 aromatic heterocycles. The van der Waals surface area contributed by atoms with Crippen molar-refractivity contribution in [2.45, 2.75) is 37.9 Å². The minimum absolute atomic E-state index is 0.108. The van der Waals surface area contributed by atoms with Gasteiger partial charge in [-0.05, 0) is 12.5 Å². The number of benzene rings is 1. The fourth-order valence-electron chi connectivity index (χ4n) is 2.73. The van der Waals surface area contributed by atoms with Crippen molar-refractivity contribution in [3.8, 4) is 0 Å².